The van der Waals surface area contributed by atoms with Gasteiger partial charge >= 0.3 is 0 Å². The van der Waals surface area contributed by atoms with E-state index in [1.54, 1.807) is 6.08 Å². The summed E-state index contributed by atoms with van der Waals surface area (Å²) in [5.41, 5.74) is 9.27. The van der Waals surface area contributed by atoms with Crippen molar-refractivity contribution in [3.63, 3.8) is 0 Å². The second-order valence-electron chi connectivity index (χ2n) is 6.09. The van der Waals surface area contributed by atoms with Crippen LogP contribution >= 0.6 is 0 Å². The zero-order valence-corrected chi connectivity index (χ0v) is 13.3. The molecule has 1 aliphatic rings. The maximum atomic E-state index is 10.1. The maximum absolute atomic E-state index is 10.1. The molecule has 0 aromatic heterocycles. The van der Waals surface area contributed by atoms with Crippen LogP contribution < -0.4 is 0 Å². The molecule has 0 heterocycles. The molecule has 0 amide bonds. The fourth-order valence-electron chi connectivity index (χ4n) is 3.51. The van der Waals surface area contributed by atoms with Gasteiger partial charge in [-0.2, -0.15) is 0 Å². The lowest BCUT2D eigenvalue weighted by molar-refractivity contribution is 0.563. The van der Waals surface area contributed by atoms with E-state index in [0.29, 0.717) is 6.54 Å². The SMILES string of the molecule is O=C=NCCc1ccc(-c2cccc3c2Cc2ccccc2-3)cc1. The van der Waals surface area contributed by atoms with Crippen LogP contribution in [-0.2, 0) is 17.6 Å². The predicted molar refractivity (Wildman–Crippen MR) is 96.8 cm³/mol. The second kappa shape index (κ2) is 6.27. The van der Waals surface area contributed by atoms with Crippen LogP contribution in [0.1, 0.15) is 16.7 Å². The number of benzene rings is 3. The first-order chi connectivity index (χ1) is 11.9. The van der Waals surface area contributed by atoms with Gasteiger partial charge in [0.05, 0.1) is 6.54 Å². The summed E-state index contributed by atoms with van der Waals surface area (Å²) in [6, 6.07) is 23.8. The van der Waals surface area contributed by atoms with Gasteiger partial charge in [-0.15, -0.1) is 0 Å². The van der Waals surface area contributed by atoms with E-state index in [0.717, 1.165) is 12.8 Å². The topological polar surface area (TPSA) is 29.4 Å². The molecule has 3 aromatic carbocycles. The Hall–Kier alpha value is -2.96. The summed E-state index contributed by atoms with van der Waals surface area (Å²) in [7, 11) is 0. The zero-order chi connectivity index (χ0) is 16.4. The lowest BCUT2D eigenvalue weighted by Crippen LogP contribution is -1.91. The molecular formula is C22H17NO. The van der Waals surface area contributed by atoms with Crippen LogP contribution in [0.25, 0.3) is 22.3 Å². The molecule has 116 valence electrons. The minimum atomic E-state index is 0.499. The van der Waals surface area contributed by atoms with Crippen molar-refractivity contribution in [3.05, 3.63) is 83.4 Å². The molecule has 0 aliphatic heterocycles. The number of isocyanates is 1. The van der Waals surface area contributed by atoms with Gasteiger partial charge in [-0.1, -0.05) is 66.7 Å². The van der Waals surface area contributed by atoms with Gasteiger partial charge in [-0.05, 0) is 51.8 Å². The highest BCUT2D eigenvalue weighted by molar-refractivity contribution is 5.84. The molecule has 0 saturated carbocycles. The third-order valence-electron chi connectivity index (χ3n) is 4.69. The van der Waals surface area contributed by atoms with Gasteiger partial charge < -0.3 is 0 Å². The van der Waals surface area contributed by atoms with Gasteiger partial charge in [-0.3, -0.25) is 0 Å². The van der Waals surface area contributed by atoms with Crippen molar-refractivity contribution in [1.29, 1.82) is 0 Å². The number of carbonyl (C=O) groups excluding carboxylic acids is 1. The standard InChI is InChI=1S/C22H17NO/c24-15-23-13-12-16-8-10-17(11-9-16)19-6-3-7-21-20-5-2-1-4-18(20)14-22(19)21/h1-11H,12-14H2. The smallest absolute Gasteiger partial charge is 0.211 e. The Morgan fingerprint density at radius 3 is 2.42 bits per heavy atom. The van der Waals surface area contributed by atoms with Crippen molar-refractivity contribution in [2.24, 2.45) is 4.99 Å². The fourth-order valence-corrected chi connectivity index (χ4v) is 3.51. The Morgan fingerprint density at radius 1 is 0.833 bits per heavy atom. The van der Waals surface area contributed by atoms with E-state index in [1.807, 2.05) is 0 Å². The summed E-state index contributed by atoms with van der Waals surface area (Å²) < 4.78 is 0. The third-order valence-corrected chi connectivity index (χ3v) is 4.69. The Labute approximate surface area is 141 Å². The molecule has 0 unspecified atom stereocenters. The summed E-state index contributed by atoms with van der Waals surface area (Å²) in [5.74, 6) is 0. The van der Waals surface area contributed by atoms with Crippen LogP contribution in [0.3, 0.4) is 0 Å². The summed E-state index contributed by atoms with van der Waals surface area (Å²) in [5, 5.41) is 0. The monoisotopic (exact) mass is 311 g/mol. The molecule has 0 N–H and O–H groups in total. The predicted octanol–water partition coefficient (Wildman–Crippen LogP) is 4.80. The molecule has 2 heteroatoms. The van der Waals surface area contributed by atoms with E-state index >= 15 is 0 Å². The average molecular weight is 311 g/mol. The van der Waals surface area contributed by atoms with Crippen LogP contribution in [-0.4, -0.2) is 12.6 Å². The minimum absolute atomic E-state index is 0.499. The molecular weight excluding hydrogens is 294 g/mol. The van der Waals surface area contributed by atoms with E-state index in [1.165, 1.54) is 38.9 Å². The number of nitrogens with zero attached hydrogens (tertiary/aromatic N) is 1. The van der Waals surface area contributed by atoms with Crippen molar-refractivity contribution < 1.29 is 4.79 Å². The summed E-state index contributed by atoms with van der Waals surface area (Å²) in [6.45, 7) is 0.499. The van der Waals surface area contributed by atoms with Crippen molar-refractivity contribution in [3.8, 4) is 22.3 Å². The lowest BCUT2D eigenvalue weighted by Gasteiger charge is -2.09. The highest BCUT2D eigenvalue weighted by Crippen LogP contribution is 2.41. The Morgan fingerprint density at radius 2 is 1.58 bits per heavy atom. The highest BCUT2D eigenvalue weighted by Gasteiger charge is 2.20. The quantitative estimate of drug-likeness (QED) is 0.393. The fraction of sp³-hybridized carbons (Fsp3) is 0.136. The van der Waals surface area contributed by atoms with Gasteiger partial charge in [-0.25, -0.2) is 9.79 Å². The summed E-state index contributed by atoms with van der Waals surface area (Å²) >= 11 is 0. The maximum Gasteiger partial charge on any atom is 0.234 e. The van der Waals surface area contributed by atoms with Gasteiger partial charge in [0.1, 0.15) is 0 Å². The number of hydrogen-bond donors (Lipinski definition) is 0. The minimum Gasteiger partial charge on any atom is -0.211 e. The normalized spacial score (nSPS) is 11.5. The van der Waals surface area contributed by atoms with Gasteiger partial charge in [0.15, 0.2) is 0 Å². The summed E-state index contributed by atoms with van der Waals surface area (Å²) in [4.78, 5) is 13.8. The van der Waals surface area contributed by atoms with Crippen molar-refractivity contribution in [1.82, 2.24) is 0 Å². The Bertz CT molecular complexity index is 934. The largest absolute Gasteiger partial charge is 0.234 e. The first kappa shape index (κ1) is 14.6. The molecule has 0 saturated heterocycles. The van der Waals surface area contributed by atoms with Gasteiger partial charge in [0.2, 0.25) is 6.08 Å². The number of rotatable bonds is 4. The number of hydrogen-bond acceptors (Lipinski definition) is 2. The average Bonchev–Trinajstić information content (AvgIpc) is 3.01. The van der Waals surface area contributed by atoms with Gasteiger partial charge in [0.25, 0.3) is 0 Å². The molecule has 2 nitrogen and oxygen atoms in total. The van der Waals surface area contributed by atoms with E-state index in [4.69, 9.17) is 0 Å². The first-order valence-electron chi connectivity index (χ1n) is 8.20. The van der Waals surface area contributed by atoms with E-state index < -0.39 is 0 Å². The third kappa shape index (κ3) is 2.58. The van der Waals surface area contributed by atoms with Crippen LogP contribution in [0.15, 0.2) is 71.7 Å². The van der Waals surface area contributed by atoms with Crippen LogP contribution in [0.5, 0.6) is 0 Å². The Balaban J connectivity index is 1.68. The molecule has 1 aliphatic carbocycles. The molecule has 0 spiro atoms. The van der Waals surface area contributed by atoms with Crippen LogP contribution in [0, 0.1) is 0 Å². The van der Waals surface area contributed by atoms with Crippen LogP contribution in [0.2, 0.25) is 0 Å². The van der Waals surface area contributed by atoms with E-state index in [9.17, 15) is 4.79 Å². The highest BCUT2D eigenvalue weighted by atomic mass is 16.1. The van der Waals surface area contributed by atoms with E-state index in [-0.39, 0.29) is 0 Å². The van der Waals surface area contributed by atoms with Crippen molar-refractivity contribution in [2.45, 2.75) is 12.8 Å². The zero-order valence-electron chi connectivity index (χ0n) is 13.3. The molecule has 0 atom stereocenters. The van der Waals surface area contributed by atoms with Crippen LogP contribution in [0.4, 0.5) is 0 Å². The summed E-state index contributed by atoms with van der Waals surface area (Å²) in [6.07, 6.45) is 3.36. The second-order valence-corrected chi connectivity index (χ2v) is 6.09. The lowest BCUT2D eigenvalue weighted by atomic mass is 9.95. The van der Waals surface area contributed by atoms with Gasteiger partial charge in [0, 0.05) is 0 Å². The molecule has 0 fully saturated rings. The molecule has 0 radical (unpaired) electrons. The molecule has 24 heavy (non-hydrogen) atoms. The Kier molecular flexibility index (Phi) is 3.82. The van der Waals surface area contributed by atoms with Crippen molar-refractivity contribution in [2.75, 3.05) is 6.54 Å². The molecule has 0 bridgehead atoms. The number of aliphatic imine (C=N–C) groups is 1. The van der Waals surface area contributed by atoms with E-state index in [2.05, 4.69) is 71.7 Å². The first-order valence-corrected chi connectivity index (χ1v) is 8.20. The molecule has 3 aromatic rings. The molecule has 4 rings (SSSR count). The number of fused-ring (bicyclic) bond motifs is 3. The van der Waals surface area contributed by atoms with Crippen molar-refractivity contribution >= 4 is 6.08 Å².